The van der Waals surface area contributed by atoms with Crippen molar-refractivity contribution in [3.63, 3.8) is 0 Å². The normalized spacial score (nSPS) is 11.4. The number of aryl methyl sites for hydroxylation is 1. The van der Waals surface area contributed by atoms with E-state index in [1.54, 1.807) is 0 Å². The first-order valence-corrected chi connectivity index (χ1v) is 9.57. The van der Waals surface area contributed by atoms with Crippen molar-refractivity contribution in [3.8, 4) is 0 Å². The Bertz CT molecular complexity index is 952. The van der Waals surface area contributed by atoms with Gasteiger partial charge in [-0.05, 0) is 49.2 Å². The largest absolute Gasteiger partial charge is 0.349 e. The standard InChI is InChI=1S/C24H25N3O2/c1-17-8-10-19(11-9-17)16-23(28)25-18(2)20-12-14-22(15-13-20)27-24(29)26-21-6-4-3-5-7-21/h3-15,18H,16H2,1-2H3,(H,25,28)(H2,26,27,29). The molecule has 0 heterocycles. The van der Waals surface area contributed by atoms with Crippen molar-refractivity contribution in [2.24, 2.45) is 0 Å². The van der Waals surface area contributed by atoms with Gasteiger partial charge in [-0.1, -0.05) is 60.2 Å². The number of hydrogen-bond donors (Lipinski definition) is 3. The molecule has 3 N–H and O–H groups in total. The van der Waals surface area contributed by atoms with Crippen molar-refractivity contribution in [1.29, 1.82) is 0 Å². The van der Waals surface area contributed by atoms with Crippen molar-refractivity contribution in [1.82, 2.24) is 5.32 Å². The predicted molar refractivity (Wildman–Crippen MR) is 117 cm³/mol. The molecule has 0 saturated carbocycles. The molecule has 3 rings (SSSR count). The van der Waals surface area contributed by atoms with Gasteiger partial charge in [-0.25, -0.2) is 4.79 Å². The molecule has 0 saturated heterocycles. The highest BCUT2D eigenvalue weighted by Gasteiger charge is 2.11. The molecule has 3 amide bonds. The fourth-order valence-corrected chi connectivity index (χ4v) is 2.94. The lowest BCUT2D eigenvalue weighted by atomic mass is 10.1. The summed E-state index contributed by atoms with van der Waals surface area (Å²) in [6, 6.07) is 24.2. The van der Waals surface area contributed by atoms with Crippen LogP contribution in [-0.4, -0.2) is 11.9 Å². The third-order valence-electron chi connectivity index (χ3n) is 4.56. The number of carbonyl (C=O) groups is 2. The van der Waals surface area contributed by atoms with Gasteiger partial charge in [0.15, 0.2) is 0 Å². The zero-order valence-corrected chi connectivity index (χ0v) is 16.6. The minimum Gasteiger partial charge on any atom is -0.349 e. The fourth-order valence-electron chi connectivity index (χ4n) is 2.94. The van der Waals surface area contributed by atoms with Crippen molar-refractivity contribution in [2.45, 2.75) is 26.3 Å². The summed E-state index contributed by atoms with van der Waals surface area (Å²) in [7, 11) is 0. The molecule has 5 heteroatoms. The second-order valence-corrected chi connectivity index (χ2v) is 7.02. The second kappa shape index (κ2) is 9.55. The summed E-state index contributed by atoms with van der Waals surface area (Å²) in [5.74, 6) is -0.0224. The van der Waals surface area contributed by atoms with E-state index in [-0.39, 0.29) is 18.0 Å². The van der Waals surface area contributed by atoms with Gasteiger partial charge in [0.05, 0.1) is 12.5 Å². The topological polar surface area (TPSA) is 70.2 Å². The Morgan fingerprint density at radius 1 is 0.793 bits per heavy atom. The number of amides is 3. The Morgan fingerprint density at radius 2 is 1.38 bits per heavy atom. The van der Waals surface area contributed by atoms with Crippen LogP contribution in [0.4, 0.5) is 16.2 Å². The van der Waals surface area contributed by atoms with Gasteiger partial charge < -0.3 is 16.0 Å². The van der Waals surface area contributed by atoms with Crippen LogP contribution in [0.3, 0.4) is 0 Å². The van der Waals surface area contributed by atoms with Gasteiger partial charge in [0, 0.05) is 11.4 Å². The molecule has 1 unspecified atom stereocenters. The number of benzene rings is 3. The molecule has 0 aliphatic carbocycles. The highest BCUT2D eigenvalue weighted by atomic mass is 16.2. The molecule has 0 aliphatic rings. The van der Waals surface area contributed by atoms with E-state index in [4.69, 9.17) is 0 Å². The number of rotatable bonds is 6. The Labute approximate surface area is 171 Å². The van der Waals surface area contributed by atoms with Crippen LogP contribution in [-0.2, 0) is 11.2 Å². The van der Waals surface area contributed by atoms with Crippen LogP contribution in [0.5, 0.6) is 0 Å². The molecule has 0 aromatic heterocycles. The van der Waals surface area contributed by atoms with Crippen molar-refractivity contribution in [3.05, 3.63) is 95.6 Å². The fraction of sp³-hybridized carbons (Fsp3) is 0.167. The number of carbonyl (C=O) groups excluding carboxylic acids is 2. The van der Waals surface area contributed by atoms with Crippen LogP contribution in [0, 0.1) is 6.92 Å². The molecule has 3 aromatic rings. The average Bonchev–Trinajstić information content (AvgIpc) is 2.71. The maximum Gasteiger partial charge on any atom is 0.323 e. The van der Waals surface area contributed by atoms with E-state index < -0.39 is 0 Å². The summed E-state index contributed by atoms with van der Waals surface area (Å²) in [5, 5.41) is 8.58. The van der Waals surface area contributed by atoms with E-state index in [9.17, 15) is 9.59 Å². The van der Waals surface area contributed by atoms with Crippen LogP contribution in [0.1, 0.15) is 29.7 Å². The molecule has 0 radical (unpaired) electrons. The van der Waals surface area contributed by atoms with E-state index in [1.165, 1.54) is 5.56 Å². The quantitative estimate of drug-likeness (QED) is 0.553. The van der Waals surface area contributed by atoms with Crippen molar-refractivity contribution in [2.75, 3.05) is 10.6 Å². The SMILES string of the molecule is Cc1ccc(CC(=O)NC(C)c2ccc(NC(=O)Nc3ccccc3)cc2)cc1. The first-order chi connectivity index (χ1) is 14.0. The Morgan fingerprint density at radius 3 is 2.00 bits per heavy atom. The van der Waals surface area contributed by atoms with E-state index in [0.29, 0.717) is 12.1 Å². The van der Waals surface area contributed by atoms with E-state index >= 15 is 0 Å². The highest BCUT2D eigenvalue weighted by Crippen LogP contribution is 2.17. The lowest BCUT2D eigenvalue weighted by molar-refractivity contribution is -0.121. The summed E-state index contributed by atoms with van der Waals surface area (Å²) in [5.41, 5.74) is 4.54. The summed E-state index contributed by atoms with van der Waals surface area (Å²) in [6.45, 7) is 3.97. The molecule has 3 aromatic carbocycles. The van der Waals surface area contributed by atoms with E-state index in [1.807, 2.05) is 92.7 Å². The van der Waals surface area contributed by atoms with Crippen molar-refractivity contribution >= 4 is 23.3 Å². The van der Waals surface area contributed by atoms with Gasteiger partial charge in [0.2, 0.25) is 5.91 Å². The molecule has 29 heavy (non-hydrogen) atoms. The third-order valence-corrected chi connectivity index (χ3v) is 4.56. The molecule has 0 bridgehead atoms. The van der Waals surface area contributed by atoms with Crippen LogP contribution in [0.25, 0.3) is 0 Å². The second-order valence-electron chi connectivity index (χ2n) is 7.02. The van der Waals surface area contributed by atoms with Crippen LogP contribution < -0.4 is 16.0 Å². The van der Waals surface area contributed by atoms with Crippen LogP contribution >= 0.6 is 0 Å². The molecular formula is C24H25N3O2. The number of para-hydroxylation sites is 1. The minimum atomic E-state index is -0.302. The zero-order valence-electron chi connectivity index (χ0n) is 16.6. The Hall–Kier alpha value is -3.60. The third kappa shape index (κ3) is 6.21. The van der Waals surface area contributed by atoms with Crippen LogP contribution in [0.15, 0.2) is 78.9 Å². The van der Waals surface area contributed by atoms with Crippen molar-refractivity contribution < 1.29 is 9.59 Å². The van der Waals surface area contributed by atoms with Crippen LogP contribution in [0.2, 0.25) is 0 Å². The van der Waals surface area contributed by atoms with Gasteiger partial charge in [0.1, 0.15) is 0 Å². The summed E-state index contributed by atoms with van der Waals surface area (Å²) in [6.07, 6.45) is 0.351. The maximum absolute atomic E-state index is 12.3. The minimum absolute atomic E-state index is 0.0224. The average molecular weight is 387 g/mol. The first-order valence-electron chi connectivity index (χ1n) is 9.57. The Kier molecular flexibility index (Phi) is 6.63. The van der Waals surface area contributed by atoms with Gasteiger partial charge in [-0.15, -0.1) is 0 Å². The number of urea groups is 1. The molecule has 148 valence electrons. The zero-order chi connectivity index (χ0) is 20.6. The summed E-state index contributed by atoms with van der Waals surface area (Å²) >= 11 is 0. The number of hydrogen-bond acceptors (Lipinski definition) is 2. The Balaban J connectivity index is 1.51. The summed E-state index contributed by atoms with van der Waals surface area (Å²) in [4.78, 5) is 24.4. The smallest absolute Gasteiger partial charge is 0.323 e. The lowest BCUT2D eigenvalue weighted by Crippen LogP contribution is -2.28. The van der Waals surface area contributed by atoms with Gasteiger partial charge in [-0.3, -0.25) is 4.79 Å². The summed E-state index contributed by atoms with van der Waals surface area (Å²) < 4.78 is 0. The molecular weight excluding hydrogens is 362 g/mol. The molecule has 1 atom stereocenters. The number of nitrogens with one attached hydrogen (secondary N) is 3. The molecule has 0 aliphatic heterocycles. The molecule has 0 spiro atoms. The first kappa shape index (κ1) is 20.1. The molecule has 5 nitrogen and oxygen atoms in total. The highest BCUT2D eigenvalue weighted by molar-refractivity contribution is 5.99. The predicted octanol–water partition coefficient (Wildman–Crippen LogP) is 5.06. The van der Waals surface area contributed by atoms with Gasteiger partial charge in [0.25, 0.3) is 0 Å². The lowest BCUT2D eigenvalue weighted by Gasteiger charge is -2.15. The van der Waals surface area contributed by atoms with Gasteiger partial charge in [-0.2, -0.15) is 0 Å². The number of anilines is 2. The molecule has 0 fully saturated rings. The maximum atomic E-state index is 12.3. The monoisotopic (exact) mass is 387 g/mol. The van der Waals surface area contributed by atoms with Gasteiger partial charge >= 0.3 is 6.03 Å². The van der Waals surface area contributed by atoms with E-state index in [2.05, 4.69) is 16.0 Å². The van der Waals surface area contributed by atoms with E-state index in [0.717, 1.165) is 16.8 Å².